The summed E-state index contributed by atoms with van der Waals surface area (Å²) in [5, 5.41) is 5.77. The summed E-state index contributed by atoms with van der Waals surface area (Å²) in [5.74, 6) is 0.00474. The minimum atomic E-state index is -0.536. The fourth-order valence-corrected chi connectivity index (χ4v) is 2.77. The molecular formula is C20H23N3O4. The Morgan fingerprint density at radius 2 is 1.96 bits per heavy atom. The van der Waals surface area contributed by atoms with Crippen molar-refractivity contribution in [3.63, 3.8) is 0 Å². The second-order valence-electron chi connectivity index (χ2n) is 6.32. The number of anilines is 2. The highest BCUT2D eigenvalue weighted by Crippen LogP contribution is 2.18. The Balaban J connectivity index is 1.44. The SMILES string of the molecule is NC(=O)c1cccc(NC(=O)CNc2ccc(OCC3CCCO3)cc2)c1. The Labute approximate surface area is 157 Å². The minimum Gasteiger partial charge on any atom is -0.491 e. The molecule has 0 bridgehead atoms. The monoisotopic (exact) mass is 369 g/mol. The molecule has 0 spiro atoms. The molecule has 1 unspecified atom stereocenters. The van der Waals surface area contributed by atoms with Crippen molar-refractivity contribution in [3.05, 3.63) is 54.1 Å². The number of nitrogens with one attached hydrogen (secondary N) is 2. The zero-order valence-electron chi connectivity index (χ0n) is 14.9. The van der Waals surface area contributed by atoms with E-state index >= 15 is 0 Å². The predicted octanol–water partition coefficient (Wildman–Crippen LogP) is 2.39. The van der Waals surface area contributed by atoms with Gasteiger partial charge in [0.05, 0.1) is 12.6 Å². The maximum Gasteiger partial charge on any atom is 0.248 e. The predicted molar refractivity (Wildman–Crippen MR) is 103 cm³/mol. The van der Waals surface area contributed by atoms with Crippen molar-refractivity contribution < 1.29 is 19.1 Å². The van der Waals surface area contributed by atoms with Gasteiger partial charge in [0, 0.05) is 23.5 Å². The molecule has 2 aromatic carbocycles. The summed E-state index contributed by atoms with van der Waals surface area (Å²) in [6.45, 7) is 1.46. The van der Waals surface area contributed by atoms with Crippen LogP contribution in [0.2, 0.25) is 0 Å². The molecule has 7 heteroatoms. The van der Waals surface area contributed by atoms with E-state index in [-0.39, 0.29) is 18.6 Å². The molecule has 1 heterocycles. The average molecular weight is 369 g/mol. The van der Waals surface area contributed by atoms with Gasteiger partial charge in [0.1, 0.15) is 12.4 Å². The van der Waals surface area contributed by atoms with Crippen LogP contribution in [0.4, 0.5) is 11.4 Å². The zero-order chi connectivity index (χ0) is 19.1. The molecule has 1 fully saturated rings. The van der Waals surface area contributed by atoms with E-state index in [0.717, 1.165) is 30.9 Å². The van der Waals surface area contributed by atoms with E-state index in [2.05, 4.69) is 10.6 Å². The van der Waals surface area contributed by atoms with Crippen LogP contribution < -0.4 is 21.1 Å². The maximum absolute atomic E-state index is 12.1. The van der Waals surface area contributed by atoms with Gasteiger partial charge in [0.2, 0.25) is 11.8 Å². The highest BCUT2D eigenvalue weighted by Gasteiger charge is 2.15. The summed E-state index contributed by atoms with van der Waals surface area (Å²) in [6.07, 6.45) is 2.31. The van der Waals surface area contributed by atoms with Gasteiger partial charge >= 0.3 is 0 Å². The van der Waals surface area contributed by atoms with Crippen molar-refractivity contribution in [2.24, 2.45) is 5.73 Å². The van der Waals surface area contributed by atoms with Crippen LogP contribution in [0.25, 0.3) is 0 Å². The zero-order valence-corrected chi connectivity index (χ0v) is 14.9. The van der Waals surface area contributed by atoms with Crippen molar-refractivity contribution in [3.8, 4) is 5.75 Å². The number of hydrogen-bond donors (Lipinski definition) is 3. The second kappa shape index (κ2) is 9.05. The van der Waals surface area contributed by atoms with E-state index in [4.69, 9.17) is 15.2 Å². The number of ether oxygens (including phenoxy) is 2. The fourth-order valence-electron chi connectivity index (χ4n) is 2.77. The van der Waals surface area contributed by atoms with E-state index in [1.165, 1.54) is 0 Å². The van der Waals surface area contributed by atoms with Crippen LogP contribution >= 0.6 is 0 Å². The van der Waals surface area contributed by atoms with E-state index < -0.39 is 5.91 Å². The molecule has 4 N–H and O–H groups in total. The topological polar surface area (TPSA) is 103 Å². The summed E-state index contributed by atoms with van der Waals surface area (Å²) >= 11 is 0. The molecule has 0 aromatic heterocycles. The van der Waals surface area contributed by atoms with Crippen LogP contribution in [0.15, 0.2) is 48.5 Å². The van der Waals surface area contributed by atoms with Gasteiger partial charge in [0.25, 0.3) is 0 Å². The Kier molecular flexibility index (Phi) is 6.27. The van der Waals surface area contributed by atoms with Gasteiger partial charge in [-0.2, -0.15) is 0 Å². The number of amides is 2. The lowest BCUT2D eigenvalue weighted by Gasteiger charge is -2.12. The number of hydrogen-bond acceptors (Lipinski definition) is 5. The van der Waals surface area contributed by atoms with Gasteiger partial charge in [-0.25, -0.2) is 0 Å². The number of primary amides is 1. The van der Waals surface area contributed by atoms with Gasteiger partial charge in [-0.05, 0) is 55.3 Å². The first-order chi connectivity index (χ1) is 13.1. The quantitative estimate of drug-likeness (QED) is 0.663. The Bertz CT molecular complexity index is 786. The van der Waals surface area contributed by atoms with Crippen molar-refractivity contribution in [2.75, 3.05) is 30.4 Å². The first kappa shape index (κ1) is 18.7. The summed E-state index contributed by atoms with van der Waals surface area (Å²) in [5.41, 5.74) is 6.91. The fraction of sp³-hybridized carbons (Fsp3) is 0.300. The Morgan fingerprint density at radius 1 is 1.15 bits per heavy atom. The number of rotatable bonds is 8. The van der Waals surface area contributed by atoms with Crippen LogP contribution in [0, 0.1) is 0 Å². The molecule has 7 nitrogen and oxygen atoms in total. The van der Waals surface area contributed by atoms with Gasteiger partial charge < -0.3 is 25.8 Å². The summed E-state index contributed by atoms with van der Waals surface area (Å²) in [7, 11) is 0. The van der Waals surface area contributed by atoms with Crippen molar-refractivity contribution >= 4 is 23.2 Å². The Morgan fingerprint density at radius 3 is 2.67 bits per heavy atom. The lowest BCUT2D eigenvalue weighted by atomic mass is 10.2. The normalized spacial score (nSPS) is 15.9. The molecule has 3 rings (SSSR count). The van der Waals surface area contributed by atoms with Gasteiger partial charge in [-0.3, -0.25) is 9.59 Å². The van der Waals surface area contributed by atoms with Gasteiger partial charge in [-0.1, -0.05) is 6.07 Å². The molecule has 27 heavy (non-hydrogen) atoms. The third-order valence-electron chi connectivity index (χ3n) is 4.20. The third-order valence-corrected chi connectivity index (χ3v) is 4.20. The molecule has 0 radical (unpaired) electrons. The lowest BCUT2D eigenvalue weighted by Crippen LogP contribution is -2.22. The minimum absolute atomic E-state index is 0.0942. The summed E-state index contributed by atoms with van der Waals surface area (Å²) in [6, 6.07) is 13.9. The van der Waals surface area contributed by atoms with E-state index in [1.54, 1.807) is 24.3 Å². The van der Waals surface area contributed by atoms with E-state index in [9.17, 15) is 9.59 Å². The average Bonchev–Trinajstić information content (AvgIpc) is 3.19. The first-order valence-electron chi connectivity index (χ1n) is 8.88. The number of nitrogens with two attached hydrogens (primary N) is 1. The third kappa shape index (κ3) is 5.72. The van der Waals surface area contributed by atoms with Crippen LogP contribution in [0.3, 0.4) is 0 Å². The largest absolute Gasteiger partial charge is 0.491 e. The first-order valence-corrected chi connectivity index (χ1v) is 8.88. The molecule has 1 saturated heterocycles. The van der Waals surface area contributed by atoms with Crippen molar-refractivity contribution in [2.45, 2.75) is 18.9 Å². The van der Waals surface area contributed by atoms with Crippen LogP contribution in [0.5, 0.6) is 5.75 Å². The molecule has 0 aliphatic carbocycles. The smallest absolute Gasteiger partial charge is 0.248 e. The number of benzene rings is 2. The van der Waals surface area contributed by atoms with Gasteiger partial charge in [-0.15, -0.1) is 0 Å². The second-order valence-corrected chi connectivity index (χ2v) is 6.32. The summed E-state index contributed by atoms with van der Waals surface area (Å²) in [4.78, 5) is 23.2. The molecule has 0 saturated carbocycles. The summed E-state index contributed by atoms with van der Waals surface area (Å²) < 4.78 is 11.2. The van der Waals surface area contributed by atoms with E-state index in [1.807, 2.05) is 24.3 Å². The van der Waals surface area contributed by atoms with Crippen LogP contribution in [-0.2, 0) is 9.53 Å². The molecular weight excluding hydrogens is 346 g/mol. The number of carbonyl (C=O) groups is 2. The van der Waals surface area contributed by atoms with Gasteiger partial charge in [0.15, 0.2) is 0 Å². The maximum atomic E-state index is 12.1. The van der Waals surface area contributed by atoms with Crippen LogP contribution in [-0.4, -0.2) is 37.7 Å². The standard InChI is InChI=1S/C20H23N3O4/c21-20(25)14-3-1-4-16(11-14)23-19(24)12-22-15-6-8-17(9-7-15)27-13-18-5-2-10-26-18/h1,3-4,6-9,11,18,22H,2,5,10,12-13H2,(H2,21,25)(H,23,24). The Hall–Kier alpha value is -3.06. The number of carbonyl (C=O) groups excluding carboxylic acids is 2. The molecule has 1 aliphatic rings. The van der Waals surface area contributed by atoms with E-state index in [0.29, 0.717) is 17.9 Å². The molecule has 142 valence electrons. The highest BCUT2D eigenvalue weighted by molar-refractivity contribution is 5.97. The lowest BCUT2D eigenvalue weighted by molar-refractivity contribution is -0.114. The molecule has 1 aliphatic heterocycles. The highest BCUT2D eigenvalue weighted by atomic mass is 16.5. The van der Waals surface area contributed by atoms with Crippen LogP contribution in [0.1, 0.15) is 23.2 Å². The van der Waals surface area contributed by atoms with Crippen molar-refractivity contribution in [1.29, 1.82) is 0 Å². The van der Waals surface area contributed by atoms with Crippen molar-refractivity contribution in [1.82, 2.24) is 0 Å². The molecule has 1 atom stereocenters. The molecule has 2 amide bonds. The molecule has 2 aromatic rings.